The minimum absolute atomic E-state index is 0.727. The quantitative estimate of drug-likeness (QED) is 0.358. The molecule has 174 valence electrons. The highest BCUT2D eigenvalue weighted by atomic mass is 16.5. The van der Waals surface area contributed by atoms with Crippen molar-refractivity contribution in [2.45, 2.75) is 96.8 Å². The van der Waals surface area contributed by atoms with Gasteiger partial charge in [-0.2, -0.15) is 0 Å². The Bertz CT molecular complexity index is 850. The fraction of sp³-hybridized carbons (Fsp3) is 0.613. The summed E-state index contributed by atoms with van der Waals surface area (Å²) in [5.41, 5.74) is 1.55. The smallest absolute Gasteiger partial charge is 0.119 e. The van der Waals surface area contributed by atoms with Crippen LogP contribution in [-0.4, -0.2) is 6.61 Å². The Labute approximate surface area is 196 Å². The molecule has 0 aliphatic heterocycles. The third-order valence-electron chi connectivity index (χ3n) is 8.20. The van der Waals surface area contributed by atoms with Crippen LogP contribution in [0.5, 0.6) is 5.75 Å². The van der Waals surface area contributed by atoms with E-state index < -0.39 is 0 Å². The first-order chi connectivity index (χ1) is 15.7. The van der Waals surface area contributed by atoms with Gasteiger partial charge in [-0.05, 0) is 117 Å². The number of ether oxygens (including phenoxy) is 1. The van der Waals surface area contributed by atoms with Gasteiger partial charge in [-0.3, -0.25) is 0 Å². The van der Waals surface area contributed by atoms with Crippen LogP contribution < -0.4 is 4.74 Å². The lowest BCUT2D eigenvalue weighted by atomic mass is 9.74. The van der Waals surface area contributed by atoms with Gasteiger partial charge in [0.1, 0.15) is 5.75 Å². The highest BCUT2D eigenvalue weighted by molar-refractivity contribution is 5.84. The molecule has 0 amide bonds. The summed E-state index contributed by atoms with van der Waals surface area (Å²) in [5.74, 6) is 4.59. The zero-order valence-electron chi connectivity index (χ0n) is 20.5. The average Bonchev–Trinajstić information content (AvgIpc) is 2.84. The van der Waals surface area contributed by atoms with Gasteiger partial charge >= 0.3 is 0 Å². The molecule has 0 unspecified atom stereocenters. The van der Waals surface area contributed by atoms with Crippen LogP contribution in [0.3, 0.4) is 0 Å². The first-order valence-corrected chi connectivity index (χ1v) is 13.6. The Hall–Kier alpha value is -1.76. The van der Waals surface area contributed by atoms with Crippen LogP contribution in [-0.2, 0) is 0 Å². The topological polar surface area (TPSA) is 9.23 Å². The van der Waals surface area contributed by atoms with E-state index in [1.54, 1.807) is 5.56 Å². The number of hydrogen-bond acceptors (Lipinski definition) is 1. The zero-order chi connectivity index (χ0) is 22.2. The van der Waals surface area contributed by atoms with Gasteiger partial charge < -0.3 is 4.74 Å². The zero-order valence-corrected chi connectivity index (χ0v) is 20.5. The van der Waals surface area contributed by atoms with Gasteiger partial charge in [0.25, 0.3) is 0 Å². The maximum Gasteiger partial charge on any atom is 0.119 e. The van der Waals surface area contributed by atoms with Crippen LogP contribution >= 0.6 is 0 Å². The van der Waals surface area contributed by atoms with E-state index in [-0.39, 0.29) is 0 Å². The predicted molar refractivity (Wildman–Crippen MR) is 139 cm³/mol. The summed E-state index contributed by atoms with van der Waals surface area (Å²) in [6, 6.07) is 13.6. The van der Waals surface area contributed by atoms with Gasteiger partial charge in [0.05, 0.1) is 6.61 Å². The molecule has 0 bridgehead atoms. The minimum atomic E-state index is 0.727. The third-order valence-corrected chi connectivity index (χ3v) is 8.20. The number of unbranched alkanes of at least 4 members (excludes halogenated alkanes) is 1. The molecule has 0 heterocycles. The number of hydrogen-bond donors (Lipinski definition) is 0. The highest BCUT2D eigenvalue weighted by Gasteiger charge is 2.25. The van der Waals surface area contributed by atoms with E-state index in [2.05, 4.69) is 55.5 Å². The van der Waals surface area contributed by atoms with E-state index in [0.29, 0.717) is 0 Å². The summed E-state index contributed by atoms with van der Waals surface area (Å²) in [6.07, 6.45) is 21.9. The molecule has 2 aromatic carbocycles. The number of fused-ring (bicyclic) bond motifs is 1. The van der Waals surface area contributed by atoms with Crippen molar-refractivity contribution in [3.8, 4) is 5.75 Å². The molecule has 2 aromatic rings. The molecular formula is C31H44O. The fourth-order valence-corrected chi connectivity index (χ4v) is 6.13. The average molecular weight is 433 g/mol. The highest BCUT2D eigenvalue weighted by Crippen LogP contribution is 2.40. The maximum absolute atomic E-state index is 5.66. The summed E-state index contributed by atoms with van der Waals surface area (Å²) >= 11 is 0. The summed E-state index contributed by atoms with van der Waals surface area (Å²) in [6.45, 7) is 5.04. The lowest BCUT2D eigenvalue weighted by molar-refractivity contribution is 0.246. The lowest BCUT2D eigenvalue weighted by Gasteiger charge is -2.31. The summed E-state index contributed by atoms with van der Waals surface area (Å²) in [7, 11) is 0. The van der Waals surface area contributed by atoms with E-state index in [9.17, 15) is 0 Å². The fourth-order valence-electron chi connectivity index (χ4n) is 6.13. The normalized spacial score (nSPS) is 26.6. The summed E-state index contributed by atoms with van der Waals surface area (Å²) in [4.78, 5) is 0. The Kier molecular flexibility index (Phi) is 8.71. The summed E-state index contributed by atoms with van der Waals surface area (Å²) in [5, 5.41) is 2.65. The minimum Gasteiger partial charge on any atom is -0.494 e. The Morgan fingerprint density at radius 1 is 0.781 bits per heavy atom. The Morgan fingerprint density at radius 3 is 2.12 bits per heavy atom. The molecule has 4 rings (SSSR count). The van der Waals surface area contributed by atoms with Crippen LogP contribution in [0, 0.1) is 17.8 Å². The van der Waals surface area contributed by atoms with E-state index in [1.165, 1.54) is 87.8 Å². The molecule has 2 aliphatic rings. The number of rotatable bonds is 9. The SMILES string of the molecule is CCC/C=C/C1CCC(CCC2CCC(c3ccc4cc(OCC)ccc4c3)CC2)CC1. The molecule has 0 radical (unpaired) electrons. The largest absolute Gasteiger partial charge is 0.494 e. The van der Waals surface area contributed by atoms with Crippen LogP contribution in [0.25, 0.3) is 10.8 Å². The molecule has 2 fully saturated rings. The standard InChI is InChI=1S/C31H44O/c1-3-5-6-7-24-8-10-25(11-9-24)12-13-26-14-16-27(17-15-26)28-18-19-30-23-31(32-4-2)21-20-29(30)22-28/h6-7,18-27H,3-5,8-17H2,1-2H3/b7-6+. The predicted octanol–water partition coefficient (Wildman–Crippen LogP) is 9.46. The monoisotopic (exact) mass is 432 g/mol. The van der Waals surface area contributed by atoms with E-state index in [0.717, 1.165) is 36.0 Å². The molecule has 0 aromatic heterocycles. The van der Waals surface area contributed by atoms with Gasteiger partial charge in [-0.1, -0.05) is 62.6 Å². The molecule has 2 saturated carbocycles. The number of benzene rings is 2. The van der Waals surface area contributed by atoms with Crippen molar-refractivity contribution in [3.05, 3.63) is 54.1 Å². The van der Waals surface area contributed by atoms with E-state index >= 15 is 0 Å². The molecule has 0 saturated heterocycles. The van der Waals surface area contributed by atoms with Gasteiger partial charge in [0.2, 0.25) is 0 Å². The van der Waals surface area contributed by atoms with Crippen molar-refractivity contribution in [2.75, 3.05) is 6.61 Å². The van der Waals surface area contributed by atoms with Crippen LogP contribution in [0.4, 0.5) is 0 Å². The second kappa shape index (κ2) is 11.9. The van der Waals surface area contributed by atoms with Crippen molar-refractivity contribution < 1.29 is 4.74 Å². The van der Waals surface area contributed by atoms with Crippen LogP contribution in [0.1, 0.15) is 102 Å². The molecule has 32 heavy (non-hydrogen) atoms. The summed E-state index contributed by atoms with van der Waals surface area (Å²) < 4.78 is 5.66. The van der Waals surface area contributed by atoms with Gasteiger partial charge in [0, 0.05) is 0 Å². The molecule has 0 spiro atoms. The Balaban J connectivity index is 1.20. The molecule has 1 heteroatoms. The second-order valence-electron chi connectivity index (χ2n) is 10.5. The van der Waals surface area contributed by atoms with Crippen molar-refractivity contribution in [1.82, 2.24) is 0 Å². The molecular weight excluding hydrogens is 388 g/mol. The Morgan fingerprint density at radius 2 is 1.44 bits per heavy atom. The van der Waals surface area contributed by atoms with Gasteiger partial charge in [-0.25, -0.2) is 0 Å². The maximum atomic E-state index is 5.66. The lowest BCUT2D eigenvalue weighted by Crippen LogP contribution is -2.17. The van der Waals surface area contributed by atoms with Gasteiger partial charge in [0.15, 0.2) is 0 Å². The first kappa shape index (κ1) is 23.4. The first-order valence-electron chi connectivity index (χ1n) is 13.6. The van der Waals surface area contributed by atoms with Crippen molar-refractivity contribution in [3.63, 3.8) is 0 Å². The van der Waals surface area contributed by atoms with Crippen molar-refractivity contribution >= 4 is 10.8 Å². The molecule has 2 aliphatic carbocycles. The van der Waals surface area contributed by atoms with Crippen molar-refractivity contribution in [1.29, 1.82) is 0 Å². The molecule has 0 N–H and O–H groups in total. The van der Waals surface area contributed by atoms with Crippen LogP contribution in [0.15, 0.2) is 48.6 Å². The van der Waals surface area contributed by atoms with Crippen molar-refractivity contribution in [2.24, 2.45) is 17.8 Å². The molecule has 1 nitrogen and oxygen atoms in total. The molecule has 0 atom stereocenters. The van der Waals surface area contributed by atoms with E-state index in [4.69, 9.17) is 4.74 Å². The van der Waals surface area contributed by atoms with E-state index in [1.807, 2.05) is 6.92 Å². The van der Waals surface area contributed by atoms with Crippen LogP contribution in [0.2, 0.25) is 0 Å². The number of allylic oxidation sites excluding steroid dienone is 2. The third kappa shape index (κ3) is 6.40. The van der Waals surface area contributed by atoms with Gasteiger partial charge in [-0.15, -0.1) is 0 Å². The second-order valence-corrected chi connectivity index (χ2v) is 10.5.